The summed E-state index contributed by atoms with van der Waals surface area (Å²) in [6, 6.07) is -1.12. The molecule has 0 spiro atoms. The Morgan fingerprint density at radius 2 is 2.10 bits per heavy atom. The fourth-order valence-corrected chi connectivity index (χ4v) is 2.45. The number of carboxylic acid groups (broad SMARTS) is 1. The molecule has 0 aliphatic carbocycles. The number of amides is 2. The highest BCUT2D eigenvalue weighted by Gasteiger charge is 2.29. The molecule has 0 aromatic carbocycles. The minimum atomic E-state index is -0.860. The van der Waals surface area contributed by atoms with Gasteiger partial charge in [-0.15, -0.1) is 0 Å². The number of carboxylic acids is 1. The molecular formula is C14H24N2O5. The molecule has 1 aliphatic heterocycles. The van der Waals surface area contributed by atoms with Crippen LogP contribution in [0, 0.1) is 0 Å². The third-order valence-corrected chi connectivity index (χ3v) is 3.56. The number of nitrogens with one attached hydrogen (secondary N) is 1. The van der Waals surface area contributed by atoms with Crippen LogP contribution in [0.2, 0.25) is 0 Å². The van der Waals surface area contributed by atoms with Gasteiger partial charge in [0.15, 0.2) is 0 Å². The molecule has 21 heavy (non-hydrogen) atoms. The van der Waals surface area contributed by atoms with Gasteiger partial charge in [-0.25, -0.2) is 9.59 Å². The van der Waals surface area contributed by atoms with E-state index in [0.717, 1.165) is 19.3 Å². The van der Waals surface area contributed by atoms with Crippen LogP contribution >= 0.6 is 0 Å². The zero-order chi connectivity index (χ0) is 15.8. The smallest absolute Gasteiger partial charge is 0.328 e. The Labute approximate surface area is 124 Å². The summed E-state index contributed by atoms with van der Waals surface area (Å²) >= 11 is 0. The number of ether oxygens (including phenoxy) is 1. The maximum atomic E-state index is 12.2. The number of esters is 1. The molecule has 0 bridgehead atoms. The summed E-state index contributed by atoms with van der Waals surface area (Å²) < 4.78 is 4.85. The Morgan fingerprint density at radius 3 is 2.71 bits per heavy atom. The molecule has 1 heterocycles. The van der Waals surface area contributed by atoms with Crippen molar-refractivity contribution in [2.75, 3.05) is 13.2 Å². The van der Waals surface area contributed by atoms with Crippen molar-refractivity contribution >= 4 is 18.0 Å². The lowest BCUT2D eigenvalue weighted by molar-refractivity contribution is -0.145. The van der Waals surface area contributed by atoms with E-state index in [1.54, 1.807) is 18.7 Å². The Hall–Kier alpha value is -1.79. The summed E-state index contributed by atoms with van der Waals surface area (Å²) in [6.07, 6.45) is 3.17. The van der Waals surface area contributed by atoms with Crippen LogP contribution in [0.15, 0.2) is 0 Å². The van der Waals surface area contributed by atoms with Crippen molar-refractivity contribution in [3.8, 4) is 0 Å². The number of hydrogen-bond donors (Lipinski definition) is 2. The first-order valence-electron chi connectivity index (χ1n) is 7.41. The standard InChI is InChI=1S/C14H24N2O5/c1-3-21-13(19)10(2)15-14(20)16-9-5-4-6-11(16)7-8-12(17)18/h10-11H,3-9H2,1-2H3,(H,15,20)(H,17,18). The van der Waals surface area contributed by atoms with E-state index in [0.29, 0.717) is 13.0 Å². The van der Waals surface area contributed by atoms with Crippen LogP contribution in [0.4, 0.5) is 4.79 Å². The fraction of sp³-hybridized carbons (Fsp3) is 0.786. The third-order valence-electron chi connectivity index (χ3n) is 3.56. The van der Waals surface area contributed by atoms with Crippen LogP contribution in [0.5, 0.6) is 0 Å². The van der Waals surface area contributed by atoms with Crippen LogP contribution in [0.25, 0.3) is 0 Å². The van der Waals surface area contributed by atoms with Gasteiger partial charge in [0, 0.05) is 19.0 Å². The van der Waals surface area contributed by atoms with E-state index in [-0.39, 0.29) is 25.1 Å². The molecule has 120 valence electrons. The number of hydrogen-bond acceptors (Lipinski definition) is 4. The zero-order valence-electron chi connectivity index (χ0n) is 12.6. The van der Waals surface area contributed by atoms with Gasteiger partial charge in [-0.3, -0.25) is 4.79 Å². The molecule has 7 nitrogen and oxygen atoms in total. The Kier molecular flexibility index (Phi) is 6.98. The second kappa shape index (κ2) is 8.49. The van der Waals surface area contributed by atoms with Crippen LogP contribution in [0.1, 0.15) is 46.0 Å². The lowest BCUT2D eigenvalue weighted by atomic mass is 9.98. The van der Waals surface area contributed by atoms with Gasteiger partial charge in [-0.05, 0) is 39.5 Å². The van der Waals surface area contributed by atoms with Gasteiger partial charge >= 0.3 is 18.0 Å². The van der Waals surface area contributed by atoms with Crippen molar-refractivity contribution in [3.63, 3.8) is 0 Å². The molecule has 0 aromatic rings. The maximum Gasteiger partial charge on any atom is 0.328 e. The maximum absolute atomic E-state index is 12.2. The molecule has 2 N–H and O–H groups in total. The van der Waals surface area contributed by atoms with Gasteiger partial charge in [0.05, 0.1) is 6.61 Å². The minimum absolute atomic E-state index is 0.0435. The van der Waals surface area contributed by atoms with Gasteiger partial charge in [0.2, 0.25) is 0 Å². The fourth-order valence-electron chi connectivity index (χ4n) is 2.45. The van der Waals surface area contributed by atoms with E-state index in [1.807, 2.05) is 0 Å². The largest absolute Gasteiger partial charge is 0.481 e. The van der Waals surface area contributed by atoms with Crippen molar-refractivity contribution in [3.05, 3.63) is 0 Å². The van der Waals surface area contributed by atoms with Crippen molar-refractivity contribution < 1.29 is 24.2 Å². The van der Waals surface area contributed by atoms with E-state index in [2.05, 4.69) is 5.32 Å². The second-order valence-corrected chi connectivity index (χ2v) is 5.20. The summed E-state index contributed by atoms with van der Waals surface area (Å²) in [5.74, 6) is -1.33. The number of carbonyl (C=O) groups excluding carboxylic acids is 2. The second-order valence-electron chi connectivity index (χ2n) is 5.20. The first kappa shape index (κ1) is 17.3. The highest BCUT2D eigenvalue weighted by atomic mass is 16.5. The number of carbonyl (C=O) groups is 3. The van der Waals surface area contributed by atoms with E-state index in [4.69, 9.17) is 9.84 Å². The number of rotatable bonds is 6. The monoisotopic (exact) mass is 300 g/mol. The van der Waals surface area contributed by atoms with Gasteiger partial charge in [-0.2, -0.15) is 0 Å². The van der Waals surface area contributed by atoms with Crippen LogP contribution in [0.3, 0.4) is 0 Å². The topological polar surface area (TPSA) is 95.9 Å². The number of aliphatic carboxylic acids is 1. The van der Waals surface area contributed by atoms with Gasteiger partial charge in [0.1, 0.15) is 6.04 Å². The normalized spacial score (nSPS) is 19.7. The lowest BCUT2D eigenvalue weighted by Gasteiger charge is -2.36. The number of nitrogens with zero attached hydrogens (tertiary/aromatic N) is 1. The van der Waals surface area contributed by atoms with E-state index < -0.39 is 18.0 Å². The first-order valence-corrected chi connectivity index (χ1v) is 7.41. The molecule has 0 saturated carbocycles. The van der Waals surface area contributed by atoms with Crippen molar-refractivity contribution in [1.29, 1.82) is 0 Å². The van der Waals surface area contributed by atoms with Crippen LogP contribution in [-0.4, -0.2) is 53.2 Å². The van der Waals surface area contributed by atoms with Gasteiger partial charge in [-0.1, -0.05) is 0 Å². The Bertz CT molecular complexity index is 386. The molecule has 0 radical (unpaired) electrons. The SMILES string of the molecule is CCOC(=O)C(C)NC(=O)N1CCCCC1CCC(=O)O. The number of likely N-dealkylation sites (tertiary alicyclic amines) is 1. The van der Waals surface area contributed by atoms with Crippen molar-refractivity contribution in [2.24, 2.45) is 0 Å². The molecule has 2 unspecified atom stereocenters. The summed E-state index contributed by atoms with van der Waals surface area (Å²) in [4.78, 5) is 36.1. The molecule has 2 atom stereocenters. The zero-order valence-corrected chi connectivity index (χ0v) is 12.6. The number of urea groups is 1. The summed E-state index contributed by atoms with van der Waals surface area (Å²) in [5, 5.41) is 11.4. The molecule has 1 aliphatic rings. The van der Waals surface area contributed by atoms with Gasteiger partial charge < -0.3 is 20.1 Å². The highest BCUT2D eigenvalue weighted by Crippen LogP contribution is 2.21. The average Bonchev–Trinajstić information content (AvgIpc) is 2.45. The first-order chi connectivity index (χ1) is 9.95. The molecule has 0 aromatic heterocycles. The van der Waals surface area contributed by atoms with Crippen LogP contribution in [-0.2, 0) is 14.3 Å². The molecular weight excluding hydrogens is 276 g/mol. The average molecular weight is 300 g/mol. The van der Waals surface area contributed by atoms with Gasteiger partial charge in [0.25, 0.3) is 0 Å². The molecule has 1 saturated heterocycles. The van der Waals surface area contributed by atoms with Crippen molar-refractivity contribution in [2.45, 2.75) is 58.0 Å². The highest BCUT2D eigenvalue weighted by molar-refractivity contribution is 5.83. The minimum Gasteiger partial charge on any atom is -0.481 e. The Balaban J connectivity index is 2.55. The van der Waals surface area contributed by atoms with E-state index >= 15 is 0 Å². The third kappa shape index (κ3) is 5.61. The predicted molar refractivity (Wildman–Crippen MR) is 75.8 cm³/mol. The molecule has 7 heteroatoms. The van der Waals surface area contributed by atoms with Crippen LogP contribution < -0.4 is 5.32 Å². The predicted octanol–water partition coefficient (Wildman–Crippen LogP) is 1.37. The van der Waals surface area contributed by atoms with E-state index in [1.165, 1.54) is 0 Å². The van der Waals surface area contributed by atoms with E-state index in [9.17, 15) is 14.4 Å². The molecule has 1 rings (SSSR count). The quantitative estimate of drug-likeness (QED) is 0.722. The summed E-state index contributed by atoms with van der Waals surface area (Å²) in [6.45, 7) is 4.14. The Morgan fingerprint density at radius 1 is 1.38 bits per heavy atom. The summed E-state index contributed by atoms with van der Waals surface area (Å²) in [5.41, 5.74) is 0. The summed E-state index contributed by atoms with van der Waals surface area (Å²) in [7, 11) is 0. The number of piperidine rings is 1. The molecule has 2 amide bonds. The van der Waals surface area contributed by atoms with Crippen molar-refractivity contribution in [1.82, 2.24) is 10.2 Å². The lowest BCUT2D eigenvalue weighted by Crippen LogP contribution is -2.52. The molecule has 1 fully saturated rings.